The number of benzene rings is 1. The third-order valence-electron chi connectivity index (χ3n) is 3.84. The standard InChI is InChI=1S/C14H23N3O2S/c1-11(15-2)12-4-6-14(7-5-12)20(18,19)16-13-8-9-17(3)10-13/h4-7,11,13,15-16H,8-10H2,1-3H3. The van der Waals surface area contributed by atoms with Gasteiger partial charge in [-0.15, -0.1) is 0 Å². The lowest BCUT2D eigenvalue weighted by Crippen LogP contribution is -2.36. The van der Waals surface area contributed by atoms with Crippen molar-refractivity contribution in [2.45, 2.75) is 30.3 Å². The quantitative estimate of drug-likeness (QED) is 0.849. The summed E-state index contributed by atoms with van der Waals surface area (Å²) in [5.41, 5.74) is 1.08. The molecule has 1 aliphatic heterocycles. The molecular formula is C14H23N3O2S. The molecule has 1 fully saturated rings. The van der Waals surface area contributed by atoms with E-state index < -0.39 is 10.0 Å². The van der Waals surface area contributed by atoms with Gasteiger partial charge in [-0.3, -0.25) is 0 Å². The van der Waals surface area contributed by atoms with E-state index in [1.54, 1.807) is 12.1 Å². The maximum Gasteiger partial charge on any atom is 0.240 e. The lowest BCUT2D eigenvalue weighted by molar-refractivity contribution is 0.407. The number of hydrogen-bond donors (Lipinski definition) is 2. The average Bonchev–Trinajstić information content (AvgIpc) is 2.82. The van der Waals surface area contributed by atoms with Crippen molar-refractivity contribution in [2.24, 2.45) is 0 Å². The van der Waals surface area contributed by atoms with Crippen LogP contribution in [0.1, 0.15) is 24.9 Å². The van der Waals surface area contributed by atoms with Gasteiger partial charge in [0.1, 0.15) is 0 Å². The molecule has 1 saturated heterocycles. The molecule has 1 aromatic rings. The summed E-state index contributed by atoms with van der Waals surface area (Å²) < 4.78 is 27.4. The Labute approximate surface area is 121 Å². The normalized spacial score (nSPS) is 22.1. The van der Waals surface area contributed by atoms with Gasteiger partial charge in [0.25, 0.3) is 0 Å². The van der Waals surface area contributed by atoms with Crippen molar-refractivity contribution >= 4 is 10.0 Å². The number of hydrogen-bond acceptors (Lipinski definition) is 4. The summed E-state index contributed by atoms with van der Waals surface area (Å²) in [4.78, 5) is 2.46. The van der Waals surface area contributed by atoms with Crippen molar-refractivity contribution < 1.29 is 8.42 Å². The minimum absolute atomic E-state index is 0.0147. The highest BCUT2D eigenvalue weighted by atomic mass is 32.2. The Hall–Kier alpha value is -0.950. The first-order valence-corrected chi connectivity index (χ1v) is 8.39. The van der Waals surface area contributed by atoms with Crippen LogP contribution in [0, 0.1) is 0 Å². The lowest BCUT2D eigenvalue weighted by atomic mass is 10.1. The minimum Gasteiger partial charge on any atom is -0.313 e. The monoisotopic (exact) mass is 297 g/mol. The third-order valence-corrected chi connectivity index (χ3v) is 5.37. The Balaban J connectivity index is 2.09. The van der Waals surface area contributed by atoms with Gasteiger partial charge in [0.05, 0.1) is 4.90 Å². The number of likely N-dealkylation sites (tertiary alicyclic amines) is 1. The van der Waals surface area contributed by atoms with Gasteiger partial charge in [-0.2, -0.15) is 0 Å². The Morgan fingerprint density at radius 1 is 1.30 bits per heavy atom. The Morgan fingerprint density at radius 2 is 1.95 bits per heavy atom. The average molecular weight is 297 g/mol. The molecule has 0 bridgehead atoms. The molecular weight excluding hydrogens is 274 g/mol. The molecule has 0 radical (unpaired) electrons. The van der Waals surface area contributed by atoms with Gasteiger partial charge < -0.3 is 10.2 Å². The van der Waals surface area contributed by atoms with Gasteiger partial charge >= 0.3 is 0 Å². The molecule has 2 unspecified atom stereocenters. The summed E-state index contributed by atoms with van der Waals surface area (Å²) in [6.45, 7) is 3.75. The molecule has 2 atom stereocenters. The van der Waals surface area contributed by atoms with E-state index in [1.807, 2.05) is 33.2 Å². The largest absolute Gasteiger partial charge is 0.313 e. The van der Waals surface area contributed by atoms with Crippen LogP contribution in [0.4, 0.5) is 0 Å². The Bertz CT molecular complexity index is 542. The second-order valence-electron chi connectivity index (χ2n) is 5.45. The Kier molecular flexibility index (Phi) is 4.80. The highest BCUT2D eigenvalue weighted by Crippen LogP contribution is 2.17. The van der Waals surface area contributed by atoms with Gasteiger partial charge in [-0.05, 0) is 51.7 Å². The van der Waals surface area contributed by atoms with Crippen molar-refractivity contribution in [2.75, 3.05) is 27.2 Å². The van der Waals surface area contributed by atoms with Crippen LogP contribution in [-0.4, -0.2) is 46.5 Å². The van der Waals surface area contributed by atoms with Gasteiger partial charge in [-0.25, -0.2) is 13.1 Å². The van der Waals surface area contributed by atoms with Crippen LogP contribution in [0.3, 0.4) is 0 Å². The van der Waals surface area contributed by atoms with E-state index in [-0.39, 0.29) is 12.1 Å². The molecule has 0 saturated carbocycles. The number of sulfonamides is 1. The van der Waals surface area contributed by atoms with Crippen molar-refractivity contribution in [1.29, 1.82) is 0 Å². The summed E-state index contributed by atoms with van der Waals surface area (Å²) >= 11 is 0. The van der Waals surface area contributed by atoms with E-state index in [4.69, 9.17) is 0 Å². The van der Waals surface area contributed by atoms with Gasteiger partial charge in [0.2, 0.25) is 10.0 Å². The molecule has 20 heavy (non-hydrogen) atoms. The second-order valence-corrected chi connectivity index (χ2v) is 7.16. The minimum atomic E-state index is -3.41. The summed E-state index contributed by atoms with van der Waals surface area (Å²) in [6.07, 6.45) is 0.866. The second kappa shape index (κ2) is 6.22. The van der Waals surface area contributed by atoms with Crippen molar-refractivity contribution in [1.82, 2.24) is 14.9 Å². The third kappa shape index (κ3) is 3.58. The molecule has 0 spiro atoms. The molecule has 1 aliphatic rings. The molecule has 1 heterocycles. The first-order chi connectivity index (χ1) is 9.42. The first-order valence-electron chi connectivity index (χ1n) is 6.90. The van der Waals surface area contributed by atoms with E-state index in [2.05, 4.69) is 14.9 Å². The predicted molar refractivity (Wildman–Crippen MR) is 80.1 cm³/mol. The fraction of sp³-hybridized carbons (Fsp3) is 0.571. The Morgan fingerprint density at radius 3 is 2.45 bits per heavy atom. The van der Waals surface area contributed by atoms with Crippen LogP contribution < -0.4 is 10.0 Å². The molecule has 112 valence electrons. The fourth-order valence-corrected chi connectivity index (χ4v) is 3.68. The van der Waals surface area contributed by atoms with E-state index in [0.29, 0.717) is 4.90 Å². The molecule has 0 amide bonds. The zero-order chi connectivity index (χ0) is 14.8. The molecule has 0 aliphatic carbocycles. The summed E-state index contributed by atoms with van der Waals surface area (Å²) in [5, 5.41) is 3.13. The zero-order valence-electron chi connectivity index (χ0n) is 12.3. The van der Waals surface area contributed by atoms with E-state index in [1.165, 1.54) is 0 Å². The van der Waals surface area contributed by atoms with Gasteiger partial charge in [0, 0.05) is 18.6 Å². The molecule has 2 rings (SSSR count). The number of nitrogens with one attached hydrogen (secondary N) is 2. The van der Waals surface area contributed by atoms with E-state index >= 15 is 0 Å². The summed E-state index contributed by atoms with van der Waals surface area (Å²) in [6, 6.07) is 7.28. The number of rotatable bonds is 5. The van der Waals surface area contributed by atoms with E-state index in [9.17, 15) is 8.42 Å². The van der Waals surface area contributed by atoms with Crippen LogP contribution in [0.5, 0.6) is 0 Å². The maximum absolute atomic E-state index is 12.3. The van der Waals surface area contributed by atoms with E-state index in [0.717, 1.165) is 25.1 Å². The van der Waals surface area contributed by atoms with Crippen molar-refractivity contribution in [3.05, 3.63) is 29.8 Å². The van der Waals surface area contributed by atoms with Crippen molar-refractivity contribution in [3.8, 4) is 0 Å². The number of nitrogens with zero attached hydrogens (tertiary/aromatic N) is 1. The molecule has 6 heteroatoms. The summed E-state index contributed by atoms with van der Waals surface area (Å²) in [7, 11) is 0.471. The van der Waals surface area contributed by atoms with Crippen LogP contribution in [0.15, 0.2) is 29.2 Å². The topological polar surface area (TPSA) is 61.4 Å². The highest BCUT2D eigenvalue weighted by Gasteiger charge is 2.25. The smallest absolute Gasteiger partial charge is 0.240 e. The lowest BCUT2D eigenvalue weighted by Gasteiger charge is -2.14. The number of likely N-dealkylation sites (N-methyl/N-ethyl adjacent to an activating group) is 1. The van der Waals surface area contributed by atoms with Gasteiger partial charge in [0.15, 0.2) is 0 Å². The van der Waals surface area contributed by atoms with Gasteiger partial charge in [-0.1, -0.05) is 12.1 Å². The SMILES string of the molecule is CNC(C)c1ccc(S(=O)(=O)NC2CCN(C)C2)cc1. The fourth-order valence-electron chi connectivity index (χ4n) is 2.42. The van der Waals surface area contributed by atoms with Crippen LogP contribution >= 0.6 is 0 Å². The molecule has 0 aromatic heterocycles. The van der Waals surface area contributed by atoms with Crippen LogP contribution in [0.25, 0.3) is 0 Å². The first kappa shape index (κ1) is 15.4. The summed E-state index contributed by atoms with van der Waals surface area (Å²) in [5.74, 6) is 0. The van der Waals surface area contributed by atoms with Crippen molar-refractivity contribution in [3.63, 3.8) is 0 Å². The van der Waals surface area contributed by atoms with Crippen LogP contribution in [-0.2, 0) is 10.0 Å². The highest BCUT2D eigenvalue weighted by molar-refractivity contribution is 7.89. The van der Waals surface area contributed by atoms with Crippen LogP contribution in [0.2, 0.25) is 0 Å². The molecule has 5 nitrogen and oxygen atoms in total. The maximum atomic E-state index is 12.3. The zero-order valence-corrected chi connectivity index (χ0v) is 13.1. The molecule has 1 aromatic carbocycles. The molecule has 2 N–H and O–H groups in total. The predicted octanol–water partition coefficient (Wildman–Crippen LogP) is 0.949.